The minimum Gasteiger partial charge on any atom is -0.316 e. The van der Waals surface area contributed by atoms with Gasteiger partial charge in [0.1, 0.15) is 5.82 Å². The second-order valence-corrected chi connectivity index (χ2v) is 5.23. The van der Waals surface area contributed by atoms with Gasteiger partial charge in [-0.25, -0.2) is 4.39 Å². The topological polar surface area (TPSA) is 12.0 Å². The van der Waals surface area contributed by atoms with Crippen LogP contribution in [-0.4, -0.2) is 13.1 Å². The first kappa shape index (κ1) is 8.86. The van der Waals surface area contributed by atoms with Gasteiger partial charge in [-0.3, -0.25) is 0 Å². The molecule has 1 heterocycles. The summed E-state index contributed by atoms with van der Waals surface area (Å²) < 4.78 is 14.5. The van der Waals surface area contributed by atoms with Gasteiger partial charge in [-0.05, 0) is 36.6 Å². The molecular weight excluding hydrogens is 245 g/mol. The first-order valence-electron chi connectivity index (χ1n) is 4.89. The third-order valence-electron chi connectivity index (χ3n) is 3.53. The summed E-state index contributed by atoms with van der Waals surface area (Å²) in [6.07, 6.45) is 1.15. The zero-order chi connectivity index (χ0) is 9.76. The molecule has 2 unspecified atom stereocenters. The van der Waals surface area contributed by atoms with Crippen molar-refractivity contribution >= 4 is 15.9 Å². The van der Waals surface area contributed by atoms with Gasteiger partial charge in [0.2, 0.25) is 0 Å². The largest absolute Gasteiger partial charge is 0.316 e. The number of piperidine rings is 1. The van der Waals surface area contributed by atoms with E-state index in [1.54, 1.807) is 6.07 Å². The molecular formula is C11H11BrFN. The van der Waals surface area contributed by atoms with E-state index in [-0.39, 0.29) is 11.2 Å². The van der Waals surface area contributed by atoms with Gasteiger partial charge in [0.15, 0.2) is 0 Å². The van der Waals surface area contributed by atoms with Gasteiger partial charge in [-0.2, -0.15) is 0 Å². The molecule has 0 bridgehead atoms. The van der Waals surface area contributed by atoms with Crippen molar-refractivity contribution in [3.8, 4) is 0 Å². The smallest absolute Gasteiger partial charge is 0.128 e. The summed E-state index contributed by atoms with van der Waals surface area (Å²) in [6, 6.07) is 5.42. The molecule has 0 aromatic heterocycles. The Morgan fingerprint density at radius 2 is 2.36 bits per heavy atom. The number of hydrogen-bond donors (Lipinski definition) is 1. The Kier molecular flexibility index (Phi) is 1.77. The number of nitrogens with one attached hydrogen (secondary N) is 1. The molecule has 1 N–H and O–H groups in total. The fraction of sp³-hybridized carbons (Fsp3) is 0.455. The lowest BCUT2D eigenvalue weighted by Crippen LogP contribution is -2.20. The third kappa shape index (κ3) is 1.09. The molecule has 3 rings (SSSR count). The molecule has 2 aliphatic rings. The highest BCUT2D eigenvalue weighted by atomic mass is 79.9. The first-order valence-corrected chi connectivity index (χ1v) is 5.68. The predicted octanol–water partition coefficient (Wildman–Crippen LogP) is 2.45. The van der Waals surface area contributed by atoms with Crippen LogP contribution in [0.2, 0.25) is 0 Å². The summed E-state index contributed by atoms with van der Waals surface area (Å²) in [4.78, 5) is 0. The van der Waals surface area contributed by atoms with Crippen LogP contribution in [0.25, 0.3) is 0 Å². The molecule has 0 amide bonds. The molecule has 2 atom stereocenters. The maximum atomic E-state index is 13.7. The predicted molar refractivity (Wildman–Crippen MR) is 56.8 cm³/mol. The van der Waals surface area contributed by atoms with E-state index in [4.69, 9.17) is 0 Å². The number of benzene rings is 1. The molecule has 1 aromatic rings. The van der Waals surface area contributed by atoms with E-state index >= 15 is 0 Å². The molecule has 0 spiro atoms. The molecule has 1 aliphatic carbocycles. The zero-order valence-corrected chi connectivity index (χ0v) is 9.27. The summed E-state index contributed by atoms with van der Waals surface area (Å²) in [5.41, 5.74) is 1.03. The first-order chi connectivity index (χ1) is 6.72. The van der Waals surface area contributed by atoms with Crippen molar-refractivity contribution in [2.24, 2.45) is 5.92 Å². The second-order valence-electron chi connectivity index (χ2n) is 4.31. The van der Waals surface area contributed by atoms with Gasteiger partial charge in [0.05, 0.1) is 0 Å². The highest BCUT2D eigenvalue weighted by molar-refractivity contribution is 9.10. The van der Waals surface area contributed by atoms with Crippen molar-refractivity contribution < 1.29 is 4.39 Å². The minimum absolute atomic E-state index is 0.0643. The number of hydrogen-bond acceptors (Lipinski definition) is 1. The van der Waals surface area contributed by atoms with Crippen LogP contribution >= 0.6 is 15.9 Å². The summed E-state index contributed by atoms with van der Waals surface area (Å²) in [5, 5.41) is 3.32. The molecule has 14 heavy (non-hydrogen) atoms. The lowest BCUT2D eigenvalue weighted by atomic mass is 9.95. The molecule has 0 radical (unpaired) electrons. The third-order valence-corrected chi connectivity index (χ3v) is 4.02. The second kappa shape index (κ2) is 2.80. The summed E-state index contributed by atoms with van der Waals surface area (Å²) in [5.74, 6) is 0.601. The molecule has 3 heteroatoms. The molecule has 1 nitrogen and oxygen atoms in total. The normalized spacial score (nSPS) is 34.3. The van der Waals surface area contributed by atoms with E-state index in [0.29, 0.717) is 5.92 Å². The Balaban J connectivity index is 2.05. The van der Waals surface area contributed by atoms with Gasteiger partial charge in [0, 0.05) is 16.4 Å². The van der Waals surface area contributed by atoms with Crippen molar-refractivity contribution in [2.75, 3.05) is 13.1 Å². The van der Waals surface area contributed by atoms with Crippen LogP contribution in [0.4, 0.5) is 4.39 Å². The quantitative estimate of drug-likeness (QED) is 0.813. The van der Waals surface area contributed by atoms with E-state index in [2.05, 4.69) is 21.2 Å². The molecule has 1 saturated heterocycles. The molecule has 1 saturated carbocycles. The van der Waals surface area contributed by atoms with Crippen molar-refractivity contribution in [3.05, 3.63) is 34.1 Å². The van der Waals surface area contributed by atoms with E-state index in [9.17, 15) is 4.39 Å². The van der Waals surface area contributed by atoms with Gasteiger partial charge < -0.3 is 5.32 Å². The van der Waals surface area contributed by atoms with Crippen molar-refractivity contribution in [1.29, 1.82) is 0 Å². The highest BCUT2D eigenvalue weighted by Crippen LogP contribution is 2.57. The number of fused-ring (bicyclic) bond motifs is 1. The Labute approximate surface area is 90.8 Å². The maximum Gasteiger partial charge on any atom is 0.128 e. The lowest BCUT2D eigenvalue weighted by Gasteiger charge is -2.13. The fourth-order valence-electron chi connectivity index (χ4n) is 2.65. The number of rotatable bonds is 1. The Morgan fingerprint density at radius 1 is 1.50 bits per heavy atom. The monoisotopic (exact) mass is 255 g/mol. The maximum absolute atomic E-state index is 13.7. The Hall–Kier alpha value is -0.410. The highest BCUT2D eigenvalue weighted by Gasteiger charge is 2.59. The van der Waals surface area contributed by atoms with Crippen LogP contribution < -0.4 is 5.32 Å². The molecule has 74 valence electrons. The summed E-state index contributed by atoms with van der Waals surface area (Å²) in [6.45, 7) is 1.99. The minimum atomic E-state index is -0.0643. The van der Waals surface area contributed by atoms with Crippen LogP contribution in [0.3, 0.4) is 0 Å². The zero-order valence-electron chi connectivity index (χ0n) is 7.69. The van der Waals surface area contributed by atoms with E-state index < -0.39 is 0 Å². The van der Waals surface area contributed by atoms with Crippen LogP contribution in [0.15, 0.2) is 22.7 Å². The standard InChI is InChI=1S/C11H11BrFN/c12-8-1-2-9(10(13)3-8)11-4-7(11)5-14-6-11/h1-3,7,14H,4-6H2. The Bertz CT molecular complexity index is 393. The lowest BCUT2D eigenvalue weighted by molar-refractivity contribution is 0.569. The van der Waals surface area contributed by atoms with Gasteiger partial charge >= 0.3 is 0 Å². The van der Waals surface area contributed by atoms with Gasteiger partial charge in [-0.15, -0.1) is 0 Å². The van der Waals surface area contributed by atoms with Crippen LogP contribution in [-0.2, 0) is 5.41 Å². The van der Waals surface area contributed by atoms with Crippen molar-refractivity contribution in [2.45, 2.75) is 11.8 Å². The SMILES string of the molecule is Fc1cc(Br)ccc1C12CNCC1C2. The van der Waals surface area contributed by atoms with Crippen LogP contribution in [0.1, 0.15) is 12.0 Å². The van der Waals surface area contributed by atoms with E-state index in [1.165, 1.54) is 0 Å². The van der Waals surface area contributed by atoms with Crippen molar-refractivity contribution in [3.63, 3.8) is 0 Å². The number of halogens is 2. The molecule has 2 fully saturated rings. The van der Waals surface area contributed by atoms with Gasteiger partial charge in [-0.1, -0.05) is 22.0 Å². The summed E-state index contributed by atoms with van der Waals surface area (Å²) in [7, 11) is 0. The Morgan fingerprint density at radius 3 is 2.93 bits per heavy atom. The summed E-state index contributed by atoms with van der Waals surface area (Å²) >= 11 is 3.28. The molecule has 1 aliphatic heterocycles. The average Bonchev–Trinajstić information content (AvgIpc) is 2.69. The van der Waals surface area contributed by atoms with Crippen LogP contribution in [0.5, 0.6) is 0 Å². The van der Waals surface area contributed by atoms with Crippen LogP contribution in [0, 0.1) is 11.7 Å². The van der Waals surface area contributed by atoms with E-state index in [1.807, 2.05) is 12.1 Å². The average molecular weight is 256 g/mol. The fourth-order valence-corrected chi connectivity index (χ4v) is 2.99. The van der Waals surface area contributed by atoms with E-state index in [0.717, 1.165) is 29.5 Å². The molecule has 1 aromatic carbocycles. The van der Waals surface area contributed by atoms with Crippen molar-refractivity contribution in [1.82, 2.24) is 5.32 Å². The van der Waals surface area contributed by atoms with Gasteiger partial charge in [0.25, 0.3) is 0 Å².